The largest absolute Gasteiger partial charge is 0.478 e. The first-order valence-corrected chi connectivity index (χ1v) is 9.72. The molecule has 150 valence electrons. The summed E-state index contributed by atoms with van der Waals surface area (Å²) in [4.78, 5) is 33.3. The molecule has 1 aliphatic heterocycles. The van der Waals surface area contributed by atoms with Crippen LogP contribution in [0.4, 0.5) is 0 Å². The molecule has 1 unspecified atom stereocenters. The quantitative estimate of drug-likeness (QED) is 0.545. The topological polar surface area (TPSA) is 102 Å². The molecule has 0 spiro atoms. The van der Waals surface area contributed by atoms with Crippen molar-refractivity contribution in [3.63, 3.8) is 0 Å². The minimum absolute atomic E-state index is 0.0798. The monoisotopic (exact) mass is 401 g/mol. The zero-order valence-corrected chi connectivity index (χ0v) is 16.0. The Bertz CT molecular complexity index is 1280. The Hall–Kier alpha value is -3.78. The van der Waals surface area contributed by atoms with E-state index in [0.717, 1.165) is 30.6 Å². The molecule has 4 heterocycles. The van der Waals surface area contributed by atoms with E-state index in [1.54, 1.807) is 45.8 Å². The summed E-state index contributed by atoms with van der Waals surface area (Å²) in [7, 11) is 0. The molecule has 3 aromatic heterocycles. The number of hydrogen-bond acceptors (Lipinski definition) is 5. The lowest BCUT2D eigenvalue weighted by Gasteiger charge is -2.09. The second kappa shape index (κ2) is 7.23. The molecule has 1 saturated heterocycles. The summed E-state index contributed by atoms with van der Waals surface area (Å²) in [5.41, 5.74) is 3.68. The van der Waals surface area contributed by atoms with Crippen LogP contribution in [-0.2, 0) is 0 Å². The maximum absolute atomic E-state index is 13.3. The molecule has 0 saturated carbocycles. The second-order valence-electron chi connectivity index (χ2n) is 7.26. The number of pyridine rings is 2. The van der Waals surface area contributed by atoms with Gasteiger partial charge in [0, 0.05) is 18.3 Å². The van der Waals surface area contributed by atoms with E-state index in [4.69, 9.17) is 5.11 Å². The Morgan fingerprint density at radius 3 is 2.60 bits per heavy atom. The summed E-state index contributed by atoms with van der Waals surface area (Å²) < 4.78 is 3.42. The molecule has 5 rings (SSSR count). The van der Waals surface area contributed by atoms with Crippen molar-refractivity contribution >= 4 is 17.1 Å². The van der Waals surface area contributed by atoms with Crippen LogP contribution in [0.2, 0.25) is 0 Å². The van der Waals surface area contributed by atoms with Crippen LogP contribution in [-0.4, -0.2) is 43.3 Å². The van der Waals surface area contributed by atoms with Gasteiger partial charge in [0.15, 0.2) is 5.65 Å². The van der Waals surface area contributed by atoms with Crippen molar-refractivity contribution in [3.8, 4) is 16.9 Å². The van der Waals surface area contributed by atoms with Crippen molar-refractivity contribution in [2.24, 2.45) is 0 Å². The van der Waals surface area contributed by atoms with Crippen LogP contribution < -0.4 is 11.0 Å². The van der Waals surface area contributed by atoms with E-state index < -0.39 is 5.97 Å². The van der Waals surface area contributed by atoms with Crippen molar-refractivity contribution in [2.75, 3.05) is 13.1 Å². The average Bonchev–Trinajstić information content (AvgIpc) is 3.39. The normalized spacial score (nSPS) is 16.2. The Balaban J connectivity index is 1.57. The van der Waals surface area contributed by atoms with Crippen molar-refractivity contribution in [3.05, 3.63) is 77.0 Å². The number of rotatable bonds is 4. The van der Waals surface area contributed by atoms with E-state index in [1.165, 1.54) is 0 Å². The highest BCUT2D eigenvalue weighted by Gasteiger charge is 2.24. The molecule has 2 N–H and O–H groups in total. The number of carbonyl (C=O) groups is 1. The van der Waals surface area contributed by atoms with Gasteiger partial charge in [-0.3, -0.25) is 14.1 Å². The van der Waals surface area contributed by atoms with Crippen LogP contribution in [0.3, 0.4) is 0 Å². The molecule has 1 fully saturated rings. The molecule has 0 aliphatic carbocycles. The lowest BCUT2D eigenvalue weighted by Crippen LogP contribution is -2.28. The molecule has 1 aliphatic rings. The third-order valence-electron chi connectivity index (χ3n) is 5.47. The summed E-state index contributed by atoms with van der Waals surface area (Å²) in [5.74, 6) is -0.966. The number of aromatic nitrogens is 4. The number of fused-ring (bicyclic) bond motifs is 1. The fourth-order valence-corrected chi connectivity index (χ4v) is 3.96. The Morgan fingerprint density at radius 2 is 1.93 bits per heavy atom. The van der Waals surface area contributed by atoms with E-state index in [9.17, 15) is 9.59 Å². The minimum Gasteiger partial charge on any atom is -0.478 e. The molecule has 8 nitrogen and oxygen atoms in total. The fourth-order valence-electron chi connectivity index (χ4n) is 3.96. The first kappa shape index (κ1) is 18.3. The predicted molar refractivity (Wildman–Crippen MR) is 112 cm³/mol. The minimum atomic E-state index is -0.966. The van der Waals surface area contributed by atoms with Gasteiger partial charge in [0.1, 0.15) is 0 Å². The molecule has 30 heavy (non-hydrogen) atoms. The first-order valence-electron chi connectivity index (χ1n) is 9.72. The molecule has 1 aromatic carbocycles. The van der Waals surface area contributed by atoms with E-state index >= 15 is 0 Å². The van der Waals surface area contributed by atoms with Crippen LogP contribution in [0.5, 0.6) is 0 Å². The van der Waals surface area contributed by atoms with Gasteiger partial charge in [0.25, 0.3) is 0 Å². The smallest absolute Gasteiger partial charge is 0.335 e. The Labute approximate surface area is 171 Å². The Morgan fingerprint density at radius 1 is 1.10 bits per heavy atom. The van der Waals surface area contributed by atoms with Gasteiger partial charge in [0.05, 0.1) is 34.7 Å². The summed E-state index contributed by atoms with van der Waals surface area (Å²) in [5, 5.41) is 12.3. The van der Waals surface area contributed by atoms with E-state index in [1.807, 2.05) is 24.3 Å². The number of aromatic carboxylic acids is 1. The van der Waals surface area contributed by atoms with Gasteiger partial charge in [-0.1, -0.05) is 12.1 Å². The lowest BCUT2D eigenvalue weighted by atomic mass is 10.1. The van der Waals surface area contributed by atoms with Gasteiger partial charge in [-0.2, -0.15) is 0 Å². The van der Waals surface area contributed by atoms with Crippen LogP contribution in [0.25, 0.3) is 28.1 Å². The van der Waals surface area contributed by atoms with Gasteiger partial charge in [-0.15, -0.1) is 0 Å². The third-order valence-corrected chi connectivity index (χ3v) is 5.47. The van der Waals surface area contributed by atoms with Crippen molar-refractivity contribution < 1.29 is 9.90 Å². The molecule has 1 atom stereocenters. The van der Waals surface area contributed by atoms with Gasteiger partial charge in [-0.05, 0) is 49.4 Å². The highest BCUT2D eigenvalue weighted by Crippen LogP contribution is 2.23. The number of benzene rings is 1. The van der Waals surface area contributed by atoms with E-state index in [0.29, 0.717) is 17.0 Å². The molecular formula is C22H19N5O3. The number of imidazole rings is 1. The highest BCUT2D eigenvalue weighted by molar-refractivity contribution is 5.88. The summed E-state index contributed by atoms with van der Waals surface area (Å²) in [6.45, 7) is 1.63. The molecule has 4 aromatic rings. The van der Waals surface area contributed by atoms with Gasteiger partial charge >= 0.3 is 11.7 Å². The highest BCUT2D eigenvalue weighted by atomic mass is 16.4. The fraction of sp³-hybridized carbons (Fsp3) is 0.182. The molecule has 8 heteroatoms. The SMILES string of the molecule is O=C(O)c1ccc(-c2ccc(-n3c(=O)n(C4CCNC4)c4ncccc43)cn2)cc1. The molecule has 0 amide bonds. The maximum atomic E-state index is 13.3. The van der Waals surface area contributed by atoms with Gasteiger partial charge < -0.3 is 10.4 Å². The first-order chi connectivity index (χ1) is 14.6. The van der Waals surface area contributed by atoms with Crippen molar-refractivity contribution in [1.82, 2.24) is 24.4 Å². The number of nitrogens with zero attached hydrogens (tertiary/aromatic N) is 4. The van der Waals surface area contributed by atoms with Crippen LogP contribution in [0, 0.1) is 0 Å². The zero-order valence-electron chi connectivity index (χ0n) is 16.0. The lowest BCUT2D eigenvalue weighted by molar-refractivity contribution is 0.0697. The van der Waals surface area contributed by atoms with Crippen LogP contribution in [0.15, 0.2) is 65.7 Å². The standard InChI is InChI=1S/C22H19N5O3/c28-21(29)15-5-3-14(4-6-15)18-8-7-16(13-25-18)26-19-2-1-10-24-20(19)27(22(26)30)17-9-11-23-12-17/h1-8,10,13,17,23H,9,11-12H2,(H,28,29). The average molecular weight is 401 g/mol. The van der Waals surface area contributed by atoms with Crippen molar-refractivity contribution in [2.45, 2.75) is 12.5 Å². The van der Waals surface area contributed by atoms with Crippen LogP contribution >= 0.6 is 0 Å². The van der Waals surface area contributed by atoms with Gasteiger partial charge in [0.2, 0.25) is 0 Å². The molecule has 0 radical (unpaired) electrons. The van der Waals surface area contributed by atoms with E-state index in [2.05, 4.69) is 15.3 Å². The summed E-state index contributed by atoms with van der Waals surface area (Å²) >= 11 is 0. The van der Waals surface area contributed by atoms with Crippen LogP contribution in [0.1, 0.15) is 22.8 Å². The molecular weight excluding hydrogens is 382 g/mol. The third kappa shape index (κ3) is 2.98. The maximum Gasteiger partial charge on any atom is 0.335 e. The number of hydrogen-bond donors (Lipinski definition) is 2. The second-order valence-corrected chi connectivity index (χ2v) is 7.26. The van der Waals surface area contributed by atoms with Crippen molar-refractivity contribution in [1.29, 1.82) is 0 Å². The van der Waals surface area contributed by atoms with E-state index in [-0.39, 0.29) is 17.3 Å². The Kier molecular flexibility index (Phi) is 4.40. The predicted octanol–water partition coefficient (Wildman–Crippen LogP) is 2.48. The molecule has 0 bridgehead atoms. The zero-order chi connectivity index (χ0) is 20.7. The number of carboxylic acid groups (broad SMARTS) is 1. The summed E-state index contributed by atoms with van der Waals surface area (Å²) in [6, 6.07) is 14.0. The van der Waals surface area contributed by atoms with Gasteiger partial charge in [-0.25, -0.2) is 14.6 Å². The number of carboxylic acids is 1. The summed E-state index contributed by atoms with van der Waals surface area (Å²) in [6.07, 6.45) is 4.25. The number of nitrogens with one attached hydrogen (secondary N) is 1.